The molecule has 4 N–H and O–H groups in total. The van der Waals surface area contributed by atoms with Gasteiger partial charge in [-0.3, -0.25) is 29.3 Å². The SMILES string of the molecule is CC(C)=CC(CC(C)(C)c1ccc(Cl)cc1)N1CCCC(=O)C1.CC(C)=CC(CC(C)(C)c1ccc(F)cc1)N1CCC(O)(c2ccccc2)CC1.CC(C)=CC(CC(C)(C)c1ccccc1)N1CCC(O)(c2ccccc2)CC1.CCCCC1(O)CCN(C(C=C(C)C)CC(C)(C)c2ccc(F)cc2)CC1.CCCCC1(O)CCN(C(C=C(C)C)CC(C)(C)c2ccccc2)CC1. The summed E-state index contributed by atoms with van der Waals surface area (Å²) in [5.41, 5.74) is 13.0. The molecule has 0 bridgehead atoms. The van der Waals surface area contributed by atoms with Crippen LogP contribution in [0.2, 0.25) is 5.02 Å². The van der Waals surface area contributed by atoms with Crippen molar-refractivity contribution in [2.75, 3.05) is 65.4 Å². The van der Waals surface area contributed by atoms with Crippen molar-refractivity contribution < 1.29 is 34.0 Å². The number of rotatable bonds is 33. The van der Waals surface area contributed by atoms with E-state index in [9.17, 15) is 34.0 Å². The molecule has 0 aromatic heterocycles. The van der Waals surface area contributed by atoms with Crippen LogP contribution >= 0.6 is 11.6 Å². The Bertz CT molecular complexity index is 4720. The first-order chi connectivity index (χ1) is 62.7. The molecule has 5 atom stereocenters. The van der Waals surface area contributed by atoms with Gasteiger partial charge in [0.05, 0.1) is 28.9 Å². The lowest BCUT2D eigenvalue weighted by Gasteiger charge is -2.43. The van der Waals surface area contributed by atoms with Gasteiger partial charge in [0.2, 0.25) is 0 Å². The first-order valence-corrected chi connectivity index (χ1v) is 50.9. The number of allylic oxidation sites excluding steroid dienone is 5. The van der Waals surface area contributed by atoms with E-state index in [2.05, 4.69) is 292 Å². The zero-order valence-electron chi connectivity index (χ0n) is 86.2. The molecule has 5 unspecified atom stereocenters. The highest BCUT2D eigenvalue weighted by atomic mass is 35.5. The van der Waals surface area contributed by atoms with Crippen LogP contribution < -0.4 is 0 Å². The Morgan fingerprint density at radius 2 is 0.571 bits per heavy atom. The fraction of sp³-hybridized carbons (Fsp3) is 0.558. The van der Waals surface area contributed by atoms with Crippen molar-refractivity contribution in [1.29, 1.82) is 0 Å². The van der Waals surface area contributed by atoms with Crippen molar-refractivity contribution in [2.24, 2.45) is 0 Å². The molecule has 7 aromatic rings. The molecule has 13 heteroatoms. The number of carbonyl (C=O) groups is 1. The van der Waals surface area contributed by atoms with E-state index in [4.69, 9.17) is 11.6 Å². The van der Waals surface area contributed by atoms with E-state index in [1.54, 1.807) is 24.3 Å². The molecule has 5 aliphatic heterocycles. The number of likely N-dealkylation sites (tertiary alicyclic amines) is 5. The van der Waals surface area contributed by atoms with E-state index in [0.717, 1.165) is 215 Å². The number of Topliss-reactive ketones (excluding diaryl/α,β-unsaturated/α-hetero) is 1. The number of carbonyl (C=O) groups excluding carboxylic acids is 1. The zero-order chi connectivity index (χ0) is 97.6. The number of halogens is 3. The average Bonchev–Trinajstić information content (AvgIpc) is 0.797. The first-order valence-electron chi connectivity index (χ1n) is 50.6. The first kappa shape index (κ1) is 111. The molecule has 0 radical (unpaired) electrons. The highest BCUT2D eigenvalue weighted by Crippen LogP contribution is 2.43. The van der Waals surface area contributed by atoms with Crippen LogP contribution in [0.25, 0.3) is 0 Å². The lowest BCUT2D eigenvalue weighted by molar-refractivity contribution is -0.122. The Balaban J connectivity index is 0.000000205. The Morgan fingerprint density at radius 1 is 0.338 bits per heavy atom. The fourth-order valence-electron chi connectivity index (χ4n) is 20.8. The van der Waals surface area contributed by atoms with Gasteiger partial charge in [-0.05, 0) is 281 Å². The van der Waals surface area contributed by atoms with Gasteiger partial charge in [-0.15, -0.1) is 0 Å². The van der Waals surface area contributed by atoms with E-state index in [1.807, 2.05) is 84.9 Å². The van der Waals surface area contributed by atoms with Crippen LogP contribution in [0.3, 0.4) is 0 Å². The number of aliphatic hydroxyl groups is 4. The minimum absolute atomic E-state index is 0.0295. The molecular formula is C120H174ClF2N5O5. The minimum atomic E-state index is -0.736. The maximum Gasteiger partial charge on any atom is 0.146 e. The number of benzene rings is 7. The number of piperidine rings is 5. The molecule has 5 heterocycles. The maximum atomic E-state index is 13.4. The van der Waals surface area contributed by atoms with Crippen molar-refractivity contribution >= 4 is 17.4 Å². The van der Waals surface area contributed by atoms with E-state index in [1.165, 1.54) is 50.1 Å². The standard InChI is InChI=1S/C26H34FNO.C26H35NO.C24H38FNO.C24H39NO.C20H28ClNO/c1-20(2)18-24(19-25(3,4)21-10-12-23(27)13-11-21)28-16-14-26(29,15-17-28)22-8-6-5-7-9-22;1-21(2)19-24(20-25(3,4)22-11-7-5-8-12-22)27-17-15-26(28,16-18-27)23-13-9-6-10-14-23;1-6-7-12-24(27)13-15-26(16-14-24)22(17-19(2)3)18-23(4,5)20-8-10-21(25)11-9-20;1-6-7-13-24(26)14-16-25(17-15-24)22(18-20(2)3)19-23(4,5)21-11-9-8-10-12-21;1-15(2)12-18(22-11-5-6-19(23)14-22)13-20(3,4)16-7-9-17(21)10-8-16/h5-13,18,24,29H,14-17,19H2,1-4H3;5-14,19,24,28H,15-18,20H2,1-4H3;8-11,17,22,27H,6-7,12-16,18H2,1-5H3;8-12,18,22,26H,6-7,13-17,19H2,1-5H3;7-10,12,18H,5-6,11,13-14H2,1-4H3. The topological polar surface area (TPSA) is 114 Å². The molecule has 5 fully saturated rings. The fourth-order valence-corrected chi connectivity index (χ4v) is 20.9. The Morgan fingerprint density at radius 3 is 0.820 bits per heavy atom. The van der Waals surface area contributed by atoms with E-state index in [-0.39, 0.29) is 38.7 Å². The summed E-state index contributed by atoms with van der Waals surface area (Å²) in [4.78, 5) is 24.4. The van der Waals surface area contributed by atoms with Crippen LogP contribution in [0, 0.1) is 11.6 Å². The van der Waals surface area contributed by atoms with Crippen molar-refractivity contribution in [2.45, 2.75) is 367 Å². The second-order valence-corrected chi connectivity index (χ2v) is 44.9. The van der Waals surface area contributed by atoms with Crippen LogP contribution in [-0.2, 0) is 43.1 Å². The lowest BCUT2D eigenvalue weighted by atomic mass is 9.77. The van der Waals surface area contributed by atoms with Gasteiger partial charge in [0, 0.05) is 94.0 Å². The molecular weight excluding hydrogens is 1660 g/mol. The summed E-state index contributed by atoms with van der Waals surface area (Å²) in [6.07, 6.45) is 31.7. The van der Waals surface area contributed by atoms with Gasteiger partial charge in [0.15, 0.2) is 0 Å². The number of ketones is 1. The Labute approximate surface area is 811 Å². The van der Waals surface area contributed by atoms with Gasteiger partial charge in [0.25, 0.3) is 0 Å². The van der Waals surface area contributed by atoms with E-state index < -0.39 is 22.4 Å². The minimum Gasteiger partial charge on any atom is -0.390 e. The Hall–Kier alpha value is -7.30. The van der Waals surface area contributed by atoms with E-state index >= 15 is 0 Å². The molecule has 12 rings (SSSR count). The molecule has 0 aliphatic carbocycles. The maximum absolute atomic E-state index is 13.4. The predicted molar refractivity (Wildman–Crippen MR) is 560 cm³/mol. The average molecular weight is 1840 g/mol. The van der Waals surface area contributed by atoms with Gasteiger partial charge in [-0.2, -0.15) is 0 Å². The normalized spacial score (nSPS) is 18.5. The van der Waals surface area contributed by atoms with Crippen LogP contribution in [0.4, 0.5) is 8.78 Å². The van der Waals surface area contributed by atoms with Crippen molar-refractivity contribution in [3.63, 3.8) is 0 Å². The second-order valence-electron chi connectivity index (χ2n) is 44.5. The summed E-state index contributed by atoms with van der Waals surface area (Å²) >= 11 is 6.02. The molecule has 730 valence electrons. The summed E-state index contributed by atoms with van der Waals surface area (Å²) in [5.74, 6) is -0.00729. The van der Waals surface area contributed by atoms with Crippen LogP contribution in [0.5, 0.6) is 0 Å². The number of unbranched alkanes of at least 4 members (excludes halogenated alkanes) is 2. The predicted octanol–water partition coefficient (Wildman–Crippen LogP) is 28.0. The quantitative estimate of drug-likeness (QED) is 0.0297. The highest BCUT2D eigenvalue weighted by molar-refractivity contribution is 6.30. The third-order valence-electron chi connectivity index (χ3n) is 29.2. The van der Waals surface area contributed by atoms with Crippen molar-refractivity contribution in [3.05, 3.63) is 308 Å². The third-order valence-corrected chi connectivity index (χ3v) is 29.4. The monoisotopic (exact) mass is 1840 g/mol. The highest BCUT2D eigenvalue weighted by Gasteiger charge is 2.42. The van der Waals surface area contributed by atoms with Crippen molar-refractivity contribution in [1.82, 2.24) is 24.5 Å². The summed E-state index contributed by atoms with van der Waals surface area (Å²) in [5, 5.41) is 44.8. The zero-order valence-corrected chi connectivity index (χ0v) is 87.0. The van der Waals surface area contributed by atoms with Crippen LogP contribution in [0.15, 0.2) is 252 Å². The Kier molecular flexibility index (Phi) is 42.9. The molecule has 7 aromatic carbocycles. The summed E-state index contributed by atoms with van der Waals surface area (Å²) in [7, 11) is 0. The van der Waals surface area contributed by atoms with Gasteiger partial charge >= 0.3 is 0 Å². The molecule has 10 nitrogen and oxygen atoms in total. The smallest absolute Gasteiger partial charge is 0.146 e. The van der Waals surface area contributed by atoms with E-state index in [0.29, 0.717) is 42.5 Å². The van der Waals surface area contributed by atoms with Gasteiger partial charge in [-0.25, -0.2) is 8.78 Å². The molecule has 0 saturated carbocycles. The molecule has 0 amide bonds. The second kappa shape index (κ2) is 51.4. The van der Waals surface area contributed by atoms with Crippen LogP contribution in [0.1, 0.15) is 326 Å². The van der Waals surface area contributed by atoms with Gasteiger partial charge in [-0.1, -0.05) is 336 Å². The summed E-state index contributed by atoms with van der Waals surface area (Å²) in [6.45, 7) is 57.9. The van der Waals surface area contributed by atoms with Gasteiger partial charge in [0.1, 0.15) is 17.4 Å². The number of nitrogens with zero attached hydrogens (tertiary/aromatic N) is 5. The third kappa shape index (κ3) is 35.6. The molecule has 133 heavy (non-hydrogen) atoms. The summed E-state index contributed by atoms with van der Waals surface area (Å²) < 4.78 is 26.7. The number of hydrogen-bond acceptors (Lipinski definition) is 10. The molecule has 5 saturated heterocycles. The number of hydrogen-bond donors (Lipinski definition) is 4. The van der Waals surface area contributed by atoms with Crippen molar-refractivity contribution in [3.8, 4) is 0 Å². The molecule has 0 spiro atoms. The largest absolute Gasteiger partial charge is 0.390 e. The lowest BCUT2D eigenvalue weighted by Crippen LogP contribution is -2.49. The summed E-state index contributed by atoms with van der Waals surface area (Å²) in [6, 6.07) is 65.7. The molecule has 5 aliphatic rings. The van der Waals surface area contributed by atoms with Crippen LogP contribution in [-0.4, -0.2) is 158 Å². The van der Waals surface area contributed by atoms with Gasteiger partial charge < -0.3 is 20.4 Å².